The second-order valence-corrected chi connectivity index (χ2v) is 7.60. The molecular formula is C18H15Cl2N5O3S. The van der Waals surface area contributed by atoms with Crippen molar-refractivity contribution in [2.24, 2.45) is 0 Å². The third-order valence-corrected chi connectivity index (χ3v) is 5.41. The highest BCUT2D eigenvalue weighted by molar-refractivity contribution is 7.99. The first-order valence-corrected chi connectivity index (χ1v) is 10.2. The zero-order valence-electron chi connectivity index (χ0n) is 15.1. The van der Waals surface area contributed by atoms with E-state index in [1.807, 2.05) is 11.5 Å². The van der Waals surface area contributed by atoms with Crippen LogP contribution in [-0.4, -0.2) is 31.3 Å². The molecule has 3 rings (SSSR count). The van der Waals surface area contributed by atoms with Crippen molar-refractivity contribution in [3.63, 3.8) is 0 Å². The number of carbonyl (C=O) groups excluding carboxylic acids is 1. The molecule has 29 heavy (non-hydrogen) atoms. The largest absolute Gasteiger partial charge is 0.325 e. The first kappa shape index (κ1) is 21.1. The maximum Gasteiger partial charge on any atom is 0.269 e. The van der Waals surface area contributed by atoms with E-state index in [4.69, 9.17) is 23.2 Å². The fourth-order valence-corrected chi connectivity index (χ4v) is 3.84. The predicted octanol–water partition coefficient (Wildman–Crippen LogP) is 4.91. The SMILES string of the molecule is CCn1c(SCC(=O)Nc2ccc([N+](=O)[O-])cc2)nnc1-c1ccc(Cl)cc1Cl. The normalized spacial score (nSPS) is 10.7. The third-order valence-electron chi connectivity index (χ3n) is 3.90. The summed E-state index contributed by atoms with van der Waals surface area (Å²) < 4.78 is 1.86. The number of benzene rings is 2. The molecule has 1 aromatic heterocycles. The lowest BCUT2D eigenvalue weighted by Crippen LogP contribution is -2.14. The van der Waals surface area contributed by atoms with Crippen molar-refractivity contribution in [1.29, 1.82) is 0 Å². The Morgan fingerprint density at radius 1 is 1.21 bits per heavy atom. The Bertz CT molecular complexity index is 1060. The minimum absolute atomic E-state index is 0.0400. The summed E-state index contributed by atoms with van der Waals surface area (Å²) in [6, 6.07) is 10.8. The number of non-ortho nitro benzene ring substituents is 1. The van der Waals surface area contributed by atoms with Crippen LogP contribution < -0.4 is 5.32 Å². The summed E-state index contributed by atoms with van der Waals surface area (Å²) in [4.78, 5) is 22.4. The molecule has 0 fully saturated rings. The van der Waals surface area contributed by atoms with Crippen LogP contribution in [0.15, 0.2) is 47.6 Å². The summed E-state index contributed by atoms with van der Waals surface area (Å²) >= 11 is 13.5. The average Bonchev–Trinajstić information content (AvgIpc) is 3.09. The van der Waals surface area contributed by atoms with Gasteiger partial charge in [-0.3, -0.25) is 14.9 Å². The van der Waals surface area contributed by atoms with Crippen LogP contribution in [0.1, 0.15) is 6.92 Å². The Morgan fingerprint density at radius 3 is 2.55 bits per heavy atom. The van der Waals surface area contributed by atoms with E-state index < -0.39 is 4.92 Å². The summed E-state index contributed by atoms with van der Waals surface area (Å²) in [7, 11) is 0. The van der Waals surface area contributed by atoms with E-state index in [2.05, 4.69) is 15.5 Å². The van der Waals surface area contributed by atoms with Crippen molar-refractivity contribution in [1.82, 2.24) is 14.8 Å². The Labute approximate surface area is 180 Å². The van der Waals surface area contributed by atoms with E-state index >= 15 is 0 Å². The second kappa shape index (κ2) is 9.25. The number of rotatable bonds is 7. The highest BCUT2D eigenvalue weighted by atomic mass is 35.5. The molecule has 0 aliphatic heterocycles. The van der Waals surface area contributed by atoms with Crippen LogP contribution in [0.3, 0.4) is 0 Å². The van der Waals surface area contributed by atoms with Gasteiger partial charge in [0.1, 0.15) is 0 Å². The molecule has 1 heterocycles. The van der Waals surface area contributed by atoms with Crippen molar-refractivity contribution in [2.75, 3.05) is 11.1 Å². The van der Waals surface area contributed by atoms with Gasteiger partial charge in [0.25, 0.3) is 5.69 Å². The Kier molecular flexibility index (Phi) is 6.73. The van der Waals surface area contributed by atoms with Crippen LogP contribution in [-0.2, 0) is 11.3 Å². The minimum atomic E-state index is -0.496. The lowest BCUT2D eigenvalue weighted by Gasteiger charge is -2.09. The van der Waals surface area contributed by atoms with Crippen molar-refractivity contribution in [3.8, 4) is 11.4 Å². The van der Waals surface area contributed by atoms with Gasteiger partial charge in [0, 0.05) is 35.0 Å². The molecule has 8 nitrogen and oxygen atoms in total. The maximum absolute atomic E-state index is 12.2. The van der Waals surface area contributed by atoms with E-state index in [0.29, 0.717) is 38.8 Å². The van der Waals surface area contributed by atoms with E-state index in [1.54, 1.807) is 18.2 Å². The lowest BCUT2D eigenvalue weighted by atomic mass is 10.2. The number of thioether (sulfide) groups is 1. The minimum Gasteiger partial charge on any atom is -0.325 e. The number of nitro benzene ring substituents is 1. The van der Waals surface area contributed by atoms with Gasteiger partial charge in [-0.05, 0) is 37.3 Å². The highest BCUT2D eigenvalue weighted by Crippen LogP contribution is 2.31. The number of nitrogens with one attached hydrogen (secondary N) is 1. The molecule has 0 unspecified atom stereocenters. The first-order valence-electron chi connectivity index (χ1n) is 8.44. The monoisotopic (exact) mass is 451 g/mol. The molecule has 2 aromatic carbocycles. The molecule has 0 atom stereocenters. The van der Waals surface area contributed by atoms with Crippen molar-refractivity contribution < 1.29 is 9.72 Å². The molecule has 0 bridgehead atoms. The van der Waals surface area contributed by atoms with Crippen molar-refractivity contribution in [3.05, 3.63) is 62.6 Å². The molecule has 1 N–H and O–H groups in total. The molecule has 0 radical (unpaired) electrons. The van der Waals surface area contributed by atoms with Crippen LogP contribution >= 0.6 is 35.0 Å². The van der Waals surface area contributed by atoms with E-state index in [1.165, 1.54) is 36.0 Å². The Balaban J connectivity index is 1.68. The molecular weight excluding hydrogens is 437 g/mol. The zero-order chi connectivity index (χ0) is 21.0. The van der Waals surface area contributed by atoms with Gasteiger partial charge < -0.3 is 9.88 Å². The molecule has 0 aliphatic carbocycles. The van der Waals surface area contributed by atoms with Gasteiger partial charge >= 0.3 is 0 Å². The van der Waals surface area contributed by atoms with Crippen molar-refractivity contribution in [2.45, 2.75) is 18.6 Å². The van der Waals surface area contributed by atoms with Gasteiger partial charge in [-0.1, -0.05) is 35.0 Å². The van der Waals surface area contributed by atoms with Crippen LogP contribution in [0.2, 0.25) is 10.0 Å². The molecule has 0 aliphatic rings. The molecule has 0 saturated carbocycles. The number of hydrogen-bond acceptors (Lipinski definition) is 6. The molecule has 11 heteroatoms. The van der Waals surface area contributed by atoms with Gasteiger partial charge in [-0.2, -0.15) is 0 Å². The first-order chi connectivity index (χ1) is 13.9. The zero-order valence-corrected chi connectivity index (χ0v) is 17.5. The van der Waals surface area contributed by atoms with Crippen LogP contribution in [0.5, 0.6) is 0 Å². The lowest BCUT2D eigenvalue weighted by molar-refractivity contribution is -0.384. The van der Waals surface area contributed by atoms with E-state index in [9.17, 15) is 14.9 Å². The van der Waals surface area contributed by atoms with Gasteiger partial charge in [0.05, 0.1) is 15.7 Å². The number of nitrogens with zero attached hydrogens (tertiary/aromatic N) is 4. The number of nitro groups is 1. The summed E-state index contributed by atoms with van der Waals surface area (Å²) in [5.41, 5.74) is 1.14. The van der Waals surface area contributed by atoms with Crippen LogP contribution in [0, 0.1) is 10.1 Å². The van der Waals surface area contributed by atoms with Gasteiger partial charge in [0.2, 0.25) is 5.91 Å². The molecule has 150 valence electrons. The van der Waals surface area contributed by atoms with Gasteiger partial charge in [0.15, 0.2) is 11.0 Å². The number of aromatic nitrogens is 3. The number of carbonyl (C=O) groups is 1. The molecule has 1 amide bonds. The maximum atomic E-state index is 12.2. The van der Waals surface area contributed by atoms with Crippen LogP contribution in [0.25, 0.3) is 11.4 Å². The topological polar surface area (TPSA) is 103 Å². The van der Waals surface area contributed by atoms with E-state index in [-0.39, 0.29) is 17.3 Å². The molecule has 0 saturated heterocycles. The smallest absolute Gasteiger partial charge is 0.269 e. The number of halogens is 2. The fourth-order valence-electron chi connectivity index (χ4n) is 2.54. The van der Waals surface area contributed by atoms with Crippen LogP contribution in [0.4, 0.5) is 11.4 Å². The highest BCUT2D eigenvalue weighted by Gasteiger charge is 2.17. The van der Waals surface area contributed by atoms with Crippen molar-refractivity contribution >= 4 is 52.2 Å². The second-order valence-electron chi connectivity index (χ2n) is 5.82. The van der Waals surface area contributed by atoms with E-state index in [0.717, 1.165) is 0 Å². The molecule has 3 aromatic rings. The average molecular weight is 452 g/mol. The Morgan fingerprint density at radius 2 is 1.93 bits per heavy atom. The van der Waals surface area contributed by atoms with Gasteiger partial charge in [-0.15, -0.1) is 10.2 Å². The summed E-state index contributed by atoms with van der Waals surface area (Å²) in [5, 5.41) is 23.3. The fraction of sp³-hybridized carbons (Fsp3) is 0.167. The summed E-state index contributed by atoms with van der Waals surface area (Å²) in [5.74, 6) is 0.428. The number of hydrogen-bond donors (Lipinski definition) is 1. The number of anilines is 1. The number of amides is 1. The third kappa shape index (κ3) is 5.06. The summed E-state index contributed by atoms with van der Waals surface area (Å²) in [6.07, 6.45) is 0. The van der Waals surface area contributed by atoms with Gasteiger partial charge in [-0.25, -0.2) is 0 Å². The summed E-state index contributed by atoms with van der Waals surface area (Å²) in [6.45, 7) is 2.53. The predicted molar refractivity (Wildman–Crippen MR) is 114 cm³/mol. The Hall–Kier alpha value is -2.62. The molecule has 0 spiro atoms. The quantitative estimate of drug-likeness (QED) is 0.310. The standard InChI is InChI=1S/C18H15Cl2N5O3S/c1-2-24-17(14-8-3-11(19)9-15(14)20)22-23-18(24)29-10-16(26)21-12-4-6-13(7-5-12)25(27)28/h3-9H,2,10H2,1H3,(H,21,26).